The smallest absolute Gasteiger partial charge is 0.312 e. The molecule has 3 aromatic rings. The molecule has 0 amide bonds. The topological polar surface area (TPSA) is 42.4 Å². The normalized spacial score (nSPS) is 16.6. The molecule has 0 aliphatic carbocycles. The number of ether oxygens (including phenoxy) is 1. The number of rotatable bonds is 6. The number of aromatic nitrogens is 1. The van der Waals surface area contributed by atoms with Crippen LogP contribution in [-0.2, 0) is 22.5 Å². The van der Waals surface area contributed by atoms with Crippen LogP contribution in [0.3, 0.4) is 0 Å². The number of likely N-dealkylation sites (tertiary alicyclic amines) is 1. The van der Waals surface area contributed by atoms with Crippen LogP contribution in [0.4, 0.5) is 0 Å². The first kappa shape index (κ1) is 19.6. The fourth-order valence-corrected chi connectivity index (χ4v) is 4.29. The summed E-state index contributed by atoms with van der Waals surface area (Å²) in [5.74, 6) is -0.0488. The number of carbonyl (C=O) groups excluding carboxylic acids is 1. The van der Waals surface area contributed by atoms with Crippen LogP contribution in [-0.4, -0.2) is 35.5 Å². The Hall–Kier alpha value is -2.72. The molecule has 2 aromatic carbocycles. The summed E-state index contributed by atoms with van der Waals surface area (Å²) in [4.78, 5) is 20.1. The summed E-state index contributed by atoms with van der Waals surface area (Å²) >= 11 is 0. The minimum Gasteiger partial charge on any atom is -0.466 e. The molecule has 2 heterocycles. The summed E-state index contributed by atoms with van der Waals surface area (Å²) in [6, 6.07) is 22.7. The minimum atomic E-state index is -0.426. The van der Waals surface area contributed by atoms with Crippen molar-refractivity contribution in [1.29, 1.82) is 0 Å². The highest BCUT2D eigenvalue weighted by molar-refractivity contribution is 5.78. The van der Waals surface area contributed by atoms with E-state index >= 15 is 0 Å². The molecule has 0 bridgehead atoms. The van der Waals surface area contributed by atoms with E-state index in [2.05, 4.69) is 41.3 Å². The zero-order valence-electron chi connectivity index (χ0n) is 17.0. The van der Waals surface area contributed by atoms with E-state index < -0.39 is 5.41 Å². The van der Waals surface area contributed by atoms with Crippen molar-refractivity contribution in [3.8, 4) is 0 Å². The summed E-state index contributed by atoms with van der Waals surface area (Å²) in [5.41, 5.74) is 2.89. The second-order valence-corrected chi connectivity index (χ2v) is 7.93. The van der Waals surface area contributed by atoms with E-state index in [9.17, 15) is 4.79 Å². The van der Waals surface area contributed by atoms with Gasteiger partial charge in [-0.1, -0.05) is 54.6 Å². The van der Waals surface area contributed by atoms with Gasteiger partial charge in [-0.3, -0.25) is 14.7 Å². The van der Waals surface area contributed by atoms with Crippen molar-refractivity contribution in [1.82, 2.24) is 9.88 Å². The molecular formula is C25H28N2O2. The fourth-order valence-electron chi connectivity index (χ4n) is 4.29. The number of hydrogen-bond donors (Lipinski definition) is 0. The van der Waals surface area contributed by atoms with Crippen LogP contribution < -0.4 is 0 Å². The van der Waals surface area contributed by atoms with Crippen molar-refractivity contribution in [3.63, 3.8) is 0 Å². The Labute approximate surface area is 172 Å². The maximum atomic E-state index is 12.9. The van der Waals surface area contributed by atoms with Crippen LogP contribution in [0.2, 0.25) is 0 Å². The quantitative estimate of drug-likeness (QED) is 0.578. The highest BCUT2D eigenvalue weighted by Gasteiger charge is 2.42. The van der Waals surface area contributed by atoms with Crippen molar-refractivity contribution >= 4 is 16.9 Å². The van der Waals surface area contributed by atoms with Crippen molar-refractivity contribution < 1.29 is 9.53 Å². The van der Waals surface area contributed by atoms with E-state index in [0.717, 1.165) is 50.1 Å². The average molecular weight is 389 g/mol. The molecule has 1 aromatic heterocycles. The molecule has 0 spiro atoms. The van der Waals surface area contributed by atoms with Gasteiger partial charge < -0.3 is 4.74 Å². The lowest BCUT2D eigenvalue weighted by Crippen LogP contribution is -2.46. The SMILES string of the molecule is CCOC(=O)C1(Cc2ccccc2)CCN(Cc2ccc3ccccc3n2)CC1. The van der Waals surface area contributed by atoms with Gasteiger partial charge in [-0.05, 0) is 57.0 Å². The van der Waals surface area contributed by atoms with Gasteiger partial charge in [-0.2, -0.15) is 0 Å². The van der Waals surface area contributed by atoms with Crippen molar-refractivity contribution in [2.24, 2.45) is 5.41 Å². The third-order valence-corrected chi connectivity index (χ3v) is 5.95. The second-order valence-electron chi connectivity index (χ2n) is 7.93. The van der Waals surface area contributed by atoms with Crippen LogP contribution in [0, 0.1) is 5.41 Å². The summed E-state index contributed by atoms with van der Waals surface area (Å²) in [6.07, 6.45) is 2.37. The van der Waals surface area contributed by atoms with Gasteiger partial charge in [0.2, 0.25) is 0 Å². The minimum absolute atomic E-state index is 0.0488. The Kier molecular flexibility index (Phi) is 5.91. The number of carbonyl (C=O) groups is 1. The summed E-state index contributed by atoms with van der Waals surface area (Å²) in [7, 11) is 0. The van der Waals surface area contributed by atoms with Crippen molar-refractivity contribution in [2.75, 3.05) is 19.7 Å². The van der Waals surface area contributed by atoms with E-state index in [1.807, 2.05) is 37.3 Å². The number of para-hydroxylation sites is 1. The van der Waals surface area contributed by atoms with Crippen molar-refractivity contribution in [2.45, 2.75) is 32.7 Å². The molecule has 4 nitrogen and oxygen atoms in total. The van der Waals surface area contributed by atoms with Gasteiger partial charge in [0.05, 0.1) is 23.2 Å². The number of pyridine rings is 1. The van der Waals surface area contributed by atoms with Gasteiger partial charge in [0, 0.05) is 11.9 Å². The Morgan fingerprint density at radius 1 is 1.00 bits per heavy atom. The Balaban J connectivity index is 1.46. The van der Waals surface area contributed by atoms with Crippen molar-refractivity contribution in [3.05, 3.63) is 78.0 Å². The maximum absolute atomic E-state index is 12.9. The van der Waals surface area contributed by atoms with Gasteiger partial charge in [0.15, 0.2) is 0 Å². The molecule has 4 heteroatoms. The number of hydrogen-bond acceptors (Lipinski definition) is 4. The average Bonchev–Trinajstić information content (AvgIpc) is 2.76. The van der Waals surface area contributed by atoms with Crippen LogP contribution in [0.25, 0.3) is 10.9 Å². The largest absolute Gasteiger partial charge is 0.466 e. The third-order valence-electron chi connectivity index (χ3n) is 5.95. The number of nitrogens with zero attached hydrogens (tertiary/aromatic N) is 2. The molecule has 0 radical (unpaired) electrons. The molecule has 1 aliphatic rings. The van der Waals surface area contributed by atoms with Gasteiger partial charge in [0.1, 0.15) is 0 Å². The Morgan fingerprint density at radius 2 is 1.72 bits per heavy atom. The number of piperidine rings is 1. The predicted octanol–water partition coefficient (Wildman–Crippen LogP) is 4.62. The zero-order valence-corrected chi connectivity index (χ0v) is 17.0. The first-order chi connectivity index (χ1) is 14.2. The Bertz CT molecular complexity index is 963. The standard InChI is InChI=1S/C25H28N2O2/c1-2-29-24(28)25(18-20-8-4-3-5-9-20)14-16-27(17-15-25)19-22-13-12-21-10-6-7-11-23(21)26-22/h3-13H,2,14-19H2,1H3. The molecule has 0 N–H and O–H groups in total. The second kappa shape index (κ2) is 8.75. The molecule has 150 valence electrons. The van der Waals surface area contributed by atoms with Crippen LogP contribution in [0.15, 0.2) is 66.7 Å². The van der Waals surface area contributed by atoms with E-state index in [-0.39, 0.29) is 5.97 Å². The summed E-state index contributed by atoms with van der Waals surface area (Å²) < 4.78 is 5.49. The fraction of sp³-hybridized carbons (Fsp3) is 0.360. The lowest BCUT2D eigenvalue weighted by Gasteiger charge is -2.40. The lowest BCUT2D eigenvalue weighted by atomic mass is 9.73. The number of esters is 1. The maximum Gasteiger partial charge on any atom is 0.312 e. The van der Waals surface area contributed by atoms with Crippen LogP contribution >= 0.6 is 0 Å². The molecule has 4 rings (SSSR count). The van der Waals surface area contributed by atoms with Crippen LogP contribution in [0.5, 0.6) is 0 Å². The van der Waals surface area contributed by atoms with E-state index in [1.54, 1.807) is 0 Å². The Morgan fingerprint density at radius 3 is 2.48 bits per heavy atom. The van der Waals surface area contributed by atoms with E-state index in [0.29, 0.717) is 6.61 Å². The van der Waals surface area contributed by atoms with E-state index in [1.165, 1.54) is 10.9 Å². The molecule has 0 saturated carbocycles. The molecule has 1 saturated heterocycles. The van der Waals surface area contributed by atoms with Gasteiger partial charge in [0.25, 0.3) is 0 Å². The van der Waals surface area contributed by atoms with Gasteiger partial charge in [-0.15, -0.1) is 0 Å². The molecule has 1 fully saturated rings. The molecule has 0 atom stereocenters. The van der Waals surface area contributed by atoms with E-state index in [4.69, 9.17) is 9.72 Å². The molecule has 1 aliphatic heterocycles. The first-order valence-electron chi connectivity index (χ1n) is 10.5. The summed E-state index contributed by atoms with van der Waals surface area (Å²) in [6.45, 7) is 4.88. The third kappa shape index (κ3) is 4.48. The lowest BCUT2D eigenvalue weighted by molar-refractivity contribution is -0.158. The van der Waals surface area contributed by atoms with Gasteiger partial charge in [-0.25, -0.2) is 0 Å². The number of benzene rings is 2. The monoisotopic (exact) mass is 388 g/mol. The molecular weight excluding hydrogens is 360 g/mol. The highest BCUT2D eigenvalue weighted by Crippen LogP contribution is 2.37. The van der Waals surface area contributed by atoms with Gasteiger partial charge >= 0.3 is 5.97 Å². The number of fused-ring (bicyclic) bond motifs is 1. The zero-order chi connectivity index (χ0) is 20.1. The molecule has 29 heavy (non-hydrogen) atoms. The molecule has 0 unspecified atom stereocenters. The van der Waals surface area contributed by atoms with Crippen LogP contribution in [0.1, 0.15) is 31.0 Å². The summed E-state index contributed by atoms with van der Waals surface area (Å²) in [5, 5.41) is 1.17. The predicted molar refractivity (Wildman–Crippen MR) is 115 cm³/mol. The highest BCUT2D eigenvalue weighted by atomic mass is 16.5. The first-order valence-corrected chi connectivity index (χ1v) is 10.5.